The van der Waals surface area contributed by atoms with Gasteiger partial charge < -0.3 is 15.5 Å². The van der Waals surface area contributed by atoms with Crippen LogP contribution in [0.3, 0.4) is 0 Å². The lowest BCUT2D eigenvalue weighted by Gasteiger charge is -2.13. The van der Waals surface area contributed by atoms with Crippen LogP contribution in [0.25, 0.3) is 0 Å². The van der Waals surface area contributed by atoms with Gasteiger partial charge in [0.15, 0.2) is 0 Å². The van der Waals surface area contributed by atoms with Crippen molar-refractivity contribution in [1.82, 2.24) is 5.32 Å². The first-order chi connectivity index (χ1) is 8.06. The molecule has 1 aromatic rings. The van der Waals surface area contributed by atoms with Crippen LogP contribution in [0.5, 0.6) is 5.75 Å². The number of aryl methyl sites for hydroxylation is 1. The van der Waals surface area contributed by atoms with E-state index in [0.717, 1.165) is 18.4 Å². The number of aromatic hydroxyl groups is 1. The van der Waals surface area contributed by atoms with Gasteiger partial charge in [-0.1, -0.05) is 6.07 Å². The third-order valence-electron chi connectivity index (χ3n) is 3.39. The van der Waals surface area contributed by atoms with Crippen LogP contribution in [0.1, 0.15) is 28.8 Å². The molecule has 0 atom stereocenters. The molecule has 92 valence electrons. The summed E-state index contributed by atoms with van der Waals surface area (Å²) in [5, 5.41) is 21.4. The van der Waals surface area contributed by atoms with E-state index in [-0.39, 0.29) is 23.7 Å². The number of nitrogens with one attached hydrogen (secondary N) is 1. The maximum absolute atomic E-state index is 11.8. The van der Waals surface area contributed by atoms with Gasteiger partial charge in [-0.05, 0) is 37.5 Å². The number of aliphatic hydroxyl groups is 1. The minimum absolute atomic E-state index is 0.0948. The number of hydrogen-bond acceptors (Lipinski definition) is 3. The third kappa shape index (κ3) is 2.58. The molecule has 4 nitrogen and oxygen atoms in total. The number of aliphatic hydroxyl groups excluding tert-OH is 1. The fraction of sp³-hybridized carbons (Fsp3) is 0.462. The van der Waals surface area contributed by atoms with Gasteiger partial charge in [0.05, 0.1) is 6.61 Å². The van der Waals surface area contributed by atoms with Crippen molar-refractivity contribution in [1.29, 1.82) is 0 Å². The zero-order chi connectivity index (χ0) is 12.5. The van der Waals surface area contributed by atoms with E-state index in [9.17, 15) is 9.90 Å². The molecule has 4 heteroatoms. The minimum atomic E-state index is -0.208. The van der Waals surface area contributed by atoms with E-state index in [2.05, 4.69) is 5.32 Å². The minimum Gasteiger partial charge on any atom is -0.508 e. The van der Waals surface area contributed by atoms with E-state index in [1.165, 1.54) is 6.07 Å². The number of benzene rings is 1. The Bertz CT molecular complexity index is 438. The predicted octanol–water partition coefficient (Wildman–Crippen LogP) is 1.20. The van der Waals surface area contributed by atoms with Crippen molar-refractivity contribution in [3.05, 3.63) is 29.3 Å². The first-order valence-corrected chi connectivity index (χ1v) is 5.75. The fourth-order valence-electron chi connectivity index (χ4n) is 1.69. The van der Waals surface area contributed by atoms with Crippen LogP contribution < -0.4 is 5.32 Å². The maximum Gasteiger partial charge on any atom is 0.251 e. The van der Waals surface area contributed by atoms with Crippen molar-refractivity contribution in [2.45, 2.75) is 19.8 Å². The highest BCUT2D eigenvalue weighted by atomic mass is 16.3. The van der Waals surface area contributed by atoms with Crippen LogP contribution in [0.2, 0.25) is 0 Å². The van der Waals surface area contributed by atoms with E-state index in [1.807, 2.05) is 0 Å². The first kappa shape index (κ1) is 11.9. The standard InChI is InChI=1S/C13H17NO3/c1-9-2-3-10(6-11(9)16)12(17)14-7-13(8-15)4-5-13/h2-3,6,15-16H,4-5,7-8H2,1H3,(H,14,17). The van der Waals surface area contributed by atoms with Crippen LogP contribution in [-0.2, 0) is 0 Å². The van der Waals surface area contributed by atoms with Gasteiger partial charge in [0.2, 0.25) is 0 Å². The Labute approximate surface area is 100 Å². The lowest BCUT2D eigenvalue weighted by atomic mass is 10.1. The van der Waals surface area contributed by atoms with E-state index < -0.39 is 0 Å². The van der Waals surface area contributed by atoms with Gasteiger partial charge >= 0.3 is 0 Å². The molecule has 1 fully saturated rings. The second-order valence-electron chi connectivity index (χ2n) is 4.84. The summed E-state index contributed by atoms with van der Waals surface area (Å²) in [6.45, 7) is 2.39. The quantitative estimate of drug-likeness (QED) is 0.734. The lowest BCUT2D eigenvalue weighted by Crippen LogP contribution is -2.31. The third-order valence-corrected chi connectivity index (χ3v) is 3.39. The molecular formula is C13H17NO3. The molecule has 1 saturated carbocycles. The molecule has 1 aliphatic carbocycles. The van der Waals surface area contributed by atoms with Crippen molar-refractivity contribution >= 4 is 5.91 Å². The Morgan fingerprint density at radius 3 is 2.71 bits per heavy atom. The molecule has 0 radical (unpaired) electrons. The number of rotatable bonds is 4. The summed E-state index contributed by atoms with van der Waals surface area (Å²) in [7, 11) is 0. The number of carbonyl (C=O) groups is 1. The fourth-order valence-corrected chi connectivity index (χ4v) is 1.69. The molecule has 3 N–H and O–H groups in total. The van der Waals surface area contributed by atoms with Gasteiger partial charge in [-0.15, -0.1) is 0 Å². The average Bonchev–Trinajstić information content (AvgIpc) is 3.10. The Kier molecular flexibility index (Phi) is 3.07. The van der Waals surface area contributed by atoms with E-state index >= 15 is 0 Å². The summed E-state index contributed by atoms with van der Waals surface area (Å²) in [5.41, 5.74) is 1.10. The zero-order valence-corrected chi connectivity index (χ0v) is 9.86. The molecule has 0 aromatic heterocycles. The Morgan fingerprint density at radius 1 is 1.47 bits per heavy atom. The van der Waals surface area contributed by atoms with Gasteiger partial charge in [0, 0.05) is 17.5 Å². The SMILES string of the molecule is Cc1ccc(C(=O)NCC2(CO)CC2)cc1O. The molecule has 0 heterocycles. The van der Waals surface area contributed by atoms with Crippen molar-refractivity contribution in [3.63, 3.8) is 0 Å². The topological polar surface area (TPSA) is 69.6 Å². The van der Waals surface area contributed by atoms with Crippen molar-refractivity contribution < 1.29 is 15.0 Å². The van der Waals surface area contributed by atoms with Crippen LogP contribution >= 0.6 is 0 Å². The normalized spacial score (nSPS) is 16.6. The largest absolute Gasteiger partial charge is 0.508 e. The lowest BCUT2D eigenvalue weighted by molar-refractivity contribution is 0.0935. The van der Waals surface area contributed by atoms with Crippen molar-refractivity contribution in [2.75, 3.05) is 13.2 Å². The van der Waals surface area contributed by atoms with Crippen LogP contribution in [-0.4, -0.2) is 29.3 Å². The summed E-state index contributed by atoms with van der Waals surface area (Å²) >= 11 is 0. The molecule has 1 aliphatic rings. The van der Waals surface area contributed by atoms with Gasteiger partial charge in [0.1, 0.15) is 5.75 Å². The van der Waals surface area contributed by atoms with E-state index in [4.69, 9.17) is 5.11 Å². The number of phenolic OH excluding ortho intramolecular Hbond substituents is 1. The Morgan fingerprint density at radius 2 is 2.18 bits per heavy atom. The number of carbonyl (C=O) groups excluding carboxylic acids is 1. The molecule has 2 rings (SSSR count). The van der Waals surface area contributed by atoms with Crippen molar-refractivity contribution in [3.8, 4) is 5.75 Å². The Hall–Kier alpha value is -1.55. The van der Waals surface area contributed by atoms with Gasteiger partial charge in [-0.3, -0.25) is 4.79 Å². The maximum atomic E-state index is 11.8. The Balaban J connectivity index is 1.97. The molecule has 17 heavy (non-hydrogen) atoms. The molecule has 1 amide bonds. The highest BCUT2D eigenvalue weighted by Crippen LogP contribution is 2.44. The smallest absolute Gasteiger partial charge is 0.251 e. The van der Waals surface area contributed by atoms with Gasteiger partial charge in [-0.25, -0.2) is 0 Å². The van der Waals surface area contributed by atoms with Crippen LogP contribution in [0.4, 0.5) is 0 Å². The van der Waals surface area contributed by atoms with Crippen molar-refractivity contribution in [2.24, 2.45) is 5.41 Å². The molecule has 0 unspecified atom stereocenters. The highest BCUT2D eigenvalue weighted by Gasteiger charge is 2.42. The number of phenols is 1. The second kappa shape index (κ2) is 4.37. The summed E-state index contributed by atoms with van der Waals surface area (Å²) in [4.78, 5) is 11.8. The summed E-state index contributed by atoms with van der Waals surface area (Å²) in [6.07, 6.45) is 1.92. The predicted molar refractivity (Wildman–Crippen MR) is 63.9 cm³/mol. The van der Waals surface area contributed by atoms with Gasteiger partial charge in [0.25, 0.3) is 5.91 Å². The molecule has 1 aromatic carbocycles. The van der Waals surface area contributed by atoms with E-state index in [0.29, 0.717) is 12.1 Å². The molecule has 0 spiro atoms. The summed E-state index contributed by atoms with van der Waals surface area (Å²) < 4.78 is 0. The monoisotopic (exact) mass is 235 g/mol. The highest BCUT2D eigenvalue weighted by molar-refractivity contribution is 5.94. The second-order valence-corrected chi connectivity index (χ2v) is 4.84. The molecule has 0 aliphatic heterocycles. The first-order valence-electron chi connectivity index (χ1n) is 5.75. The van der Waals surface area contributed by atoms with Crippen LogP contribution in [0, 0.1) is 12.3 Å². The molecule has 0 bridgehead atoms. The number of hydrogen-bond donors (Lipinski definition) is 3. The van der Waals surface area contributed by atoms with E-state index in [1.54, 1.807) is 19.1 Å². The van der Waals surface area contributed by atoms with Crippen LogP contribution in [0.15, 0.2) is 18.2 Å². The van der Waals surface area contributed by atoms with Gasteiger partial charge in [-0.2, -0.15) is 0 Å². The summed E-state index contributed by atoms with van der Waals surface area (Å²) in [5.74, 6) is -0.0824. The number of amides is 1. The summed E-state index contributed by atoms with van der Waals surface area (Å²) in [6, 6.07) is 4.86. The zero-order valence-electron chi connectivity index (χ0n) is 9.86. The molecular weight excluding hydrogens is 218 g/mol. The molecule has 0 saturated heterocycles. The average molecular weight is 235 g/mol.